The molecule has 0 fully saturated rings. The highest BCUT2D eigenvalue weighted by atomic mass is 32.2. The van der Waals surface area contributed by atoms with Crippen LogP contribution in [0.3, 0.4) is 0 Å². The molecule has 0 saturated heterocycles. The highest BCUT2D eigenvalue weighted by Crippen LogP contribution is 2.18. The Kier molecular flexibility index (Phi) is 4.21. The molecule has 82 valence electrons. The zero-order valence-electron chi connectivity index (χ0n) is 9.78. The topological polar surface area (TPSA) is 20.3 Å². The highest BCUT2D eigenvalue weighted by Gasteiger charge is 2.17. The van der Waals surface area contributed by atoms with Crippen LogP contribution in [-0.4, -0.2) is 38.1 Å². The highest BCUT2D eigenvalue weighted by molar-refractivity contribution is 7.96. The van der Waals surface area contributed by atoms with Crippen molar-refractivity contribution < 1.29 is 4.79 Å². The molecule has 0 amide bonds. The average molecular weight is 224 g/mol. The smallest absolute Gasteiger partial charge is 0.213 e. The number of benzene rings is 1. The van der Waals surface area contributed by atoms with Gasteiger partial charge in [-0.05, 0) is 23.0 Å². The Labute approximate surface area is 94.6 Å². The zero-order chi connectivity index (χ0) is 11.4. The number of para-hydroxylation sites is 1. The van der Waals surface area contributed by atoms with Crippen LogP contribution in [0.25, 0.3) is 0 Å². The van der Waals surface area contributed by atoms with Gasteiger partial charge in [0, 0.05) is 25.3 Å². The standard InChI is InChI=1S/C12H18NOS/c1-13(2)11-8-6-5-7-10(11)12(14)9-15(3)4/h5-8H,9H2,1-4H3/q+1. The maximum absolute atomic E-state index is 12.0. The van der Waals surface area contributed by atoms with Gasteiger partial charge in [0.2, 0.25) is 5.78 Å². The molecule has 15 heavy (non-hydrogen) atoms. The van der Waals surface area contributed by atoms with E-state index >= 15 is 0 Å². The van der Waals surface area contributed by atoms with Gasteiger partial charge in [-0.2, -0.15) is 0 Å². The molecular weight excluding hydrogens is 206 g/mol. The van der Waals surface area contributed by atoms with Gasteiger partial charge < -0.3 is 4.90 Å². The second-order valence-electron chi connectivity index (χ2n) is 3.96. The van der Waals surface area contributed by atoms with Crippen LogP contribution in [0.4, 0.5) is 5.69 Å². The number of carbonyl (C=O) groups is 1. The van der Waals surface area contributed by atoms with Gasteiger partial charge >= 0.3 is 0 Å². The molecule has 0 heterocycles. The number of anilines is 1. The Morgan fingerprint density at radius 1 is 1.27 bits per heavy atom. The van der Waals surface area contributed by atoms with Crippen LogP contribution in [0, 0.1) is 0 Å². The van der Waals surface area contributed by atoms with E-state index in [0.29, 0.717) is 5.75 Å². The summed E-state index contributed by atoms with van der Waals surface area (Å²) in [6.07, 6.45) is 4.19. The number of hydrogen-bond acceptors (Lipinski definition) is 2. The minimum Gasteiger partial charge on any atom is -0.377 e. The number of rotatable bonds is 4. The van der Waals surface area contributed by atoms with Crippen molar-refractivity contribution in [2.75, 3.05) is 37.3 Å². The van der Waals surface area contributed by atoms with Gasteiger partial charge in [-0.25, -0.2) is 0 Å². The van der Waals surface area contributed by atoms with E-state index in [9.17, 15) is 4.79 Å². The minimum absolute atomic E-state index is 0.164. The van der Waals surface area contributed by atoms with E-state index in [2.05, 4.69) is 12.5 Å². The lowest BCUT2D eigenvalue weighted by Crippen LogP contribution is -2.18. The second-order valence-corrected chi connectivity index (χ2v) is 6.22. The summed E-state index contributed by atoms with van der Waals surface area (Å²) < 4.78 is 0. The van der Waals surface area contributed by atoms with E-state index in [1.165, 1.54) is 0 Å². The Balaban J connectivity index is 2.97. The van der Waals surface area contributed by atoms with Gasteiger partial charge in [0.05, 0.1) is 12.5 Å². The van der Waals surface area contributed by atoms with E-state index < -0.39 is 0 Å². The summed E-state index contributed by atoms with van der Waals surface area (Å²) in [5, 5.41) is 0. The lowest BCUT2D eigenvalue weighted by molar-refractivity contribution is 0.102. The summed E-state index contributed by atoms with van der Waals surface area (Å²) >= 11 is 0. The van der Waals surface area contributed by atoms with E-state index in [1.807, 2.05) is 43.3 Å². The molecule has 3 heteroatoms. The van der Waals surface area contributed by atoms with E-state index in [1.54, 1.807) is 0 Å². The summed E-state index contributed by atoms with van der Waals surface area (Å²) in [5.41, 5.74) is 1.84. The van der Waals surface area contributed by atoms with Gasteiger partial charge in [-0.15, -0.1) is 0 Å². The van der Waals surface area contributed by atoms with Crippen LogP contribution in [0.1, 0.15) is 10.4 Å². The molecule has 0 saturated carbocycles. The molecule has 0 atom stereocenters. The lowest BCUT2D eigenvalue weighted by Gasteiger charge is -2.15. The number of Topliss-reactive ketones (excluding diaryl/α,β-unsaturated/α-hetero) is 1. The first-order chi connectivity index (χ1) is 7.02. The molecule has 0 aliphatic heterocycles. The number of nitrogens with zero attached hydrogens (tertiary/aromatic N) is 1. The van der Waals surface area contributed by atoms with Gasteiger partial charge in [0.15, 0.2) is 5.75 Å². The molecule has 1 aromatic rings. The van der Waals surface area contributed by atoms with Crippen molar-refractivity contribution in [3.63, 3.8) is 0 Å². The fourth-order valence-electron chi connectivity index (χ4n) is 1.44. The molecule has 0 aliphatic rings. The van der Waals surface area contributed by atoms with Gasteiger partial charge in [0.1, 0.15) is 0 Å². The zero-order valence-corrected chi connectivity index (χ0v) is 10.6. The molecule has 0 bridgehead atoms. The van der Waals surface area contributed by atoms with Crippen LogP contribution in [0.15, 0.2) is 24.3 Å². The van der Waals surface area contributed by atoms with Crippen LogP contribution in [0.2, 0.25) is 0 Å². The van der Waals surface area contributed by atoms with Crippen LogP contribution in [0.5, 0.6) is 0 Å². The maximum Gasteiger partial charge on any atom is 0.213 e. The van der Waals surface area contributed by atoms with Crippen molar-refractivity contribution >= 4 is 22.4 Å². The van der Waals surface area contributed by atoms with Gasteiger partial charge in [-0.3, -0.25) is 4.79 Å². The van der Waals surface area contributed by atoms with Crippen LogP contribution in [-0.2, 0) is 10.9 Å². The third-order valence-corrected chi connectivity index (χ3v) is 2.95. The van der Waals surface area contributed by atoms with E-state index in [0.717, 1.165) is 11.3 Å². The SMILES string of the molecule is CN(C)c1ccccc1C(=O)C[S+](C)C. The summed E-state index contributed by atoms with van der Waals surface area (Å²) in [7, 11) is 4.09. The normalized spacial score (nSPS) is 10.5. The summed E-state index contributed by atoms with van der Waals surface area (Å²) in [6, 6.07) is 7.77. The van der Waals surface area contributed by atoms with Crippen LogP contribution < -0.4 is 4.90 Å². The van der Waals surface area contributed by atoms with E-state index in [-0.39, 0.29) is 16.7 Å². The molecular formula is C12H18NOS+. The fraction of sp³-hybridized carbons (Fsp3) is 0.417. The van der Waals surface area contributed by atoms with Gasteiger partial charge in [-0.1, -0.05) is 12.1 Å². The summed E-state index contributed by atoms with van der Waals surface area (Å²) in [5.74, 6) is 0.887. The quantitative estimate of drug-likeness (QED) is 0.574. The molecule has 1 aromatic carbocycles. The van der Waals surface area contributed by atoms with Crippen LogP contribution >= 0.6 is 0 Å². The number of ketones is 1. The average Bonchev–Trinajstić information content (AvgIpc) is 2.16. The largest absolute Gasteiger partial charge is 0.377 e. The molecule has 0 spiro atoms. The first kappa shape index (κ1) is 12.1. The molecule has 0 aliphatic carbocycles. The molecule has 1 rings (SSSR count). The lowest BCUT2D eigenvalue weighted by atomic mass is 10.1. The first-order valence-corrected chi connectivity index (χ1v) is 7.07. The van der Waals surface area contributed by atoms with Crippen molar-refractivity contribution in [3.8, 4) is 0 Å². The number of carbonyl (C=O) groups excluding carboxylic acids is 1. The second kappa shape index (κ2) is 5.21. The monoisotopic (exact) mass is 224 g/mol. The third kappa shape index (κ3) is 3.27. The minimum atomic E-state index is 0.164. The summed E-state index contributed by atoms with van der Waals surface area (Å²) in [6.45, 7) is 0. The fourth-order valence-corrected chi connectivity index (χ4v) is 2.12. The molecule has 0 unspecified atom stereocenters. The van der Waals surface area contributed by atoms with Crippen molar-refractivity contribution in [1.29, 1.82) is 0 Å². The third-order valence-electron chi connectivity index (χ3n) is 2.11. The maximum atomic E-state index is 12.0. The first-order valence-electron chi connectivity index (χ1n) is 4.86. The molecule has 0 radical (unpaired) electrons. The Bertz CT molecular complexity index is 347. The predicted octanol–water partition coefficient (Wildman–Crippen LogP) is 1.81. The Hall–Kier alpha value is -0.960. The van der Waals surface area contributed by atoms with Crippen molar-refractivity contribution in [2.24, 2.45) is 0 Å². The van der Waals surface area contributed by atoms with E-state index in [4.69, 9.17) is 0 Å². The van der Waals surface area contributed by atoms with Crippen molar-refractivity contribution in [1.82, 2.24) is 0 Å². The van der Waals surface area contributed by atoms with Gasteiger partial charge in [0.25, 0.3) is 0 Å². The van der Waals surface area contributed by atoms with Crippen molar-refractivity contribution in [2.45, 2.75) is 0 Å². The molecule has 2 nitrogen and oxygen atoms in total. The Morgan fingerprint density at radius 3 is 2.40 bits per heavy atom. The molecule has 0 N–H and O–H groups in total. The number of hydrogen-bond donors (Lipinski definition) is 0. The van der Waals surface area contributed by atoms with Crippen molar-refractivity contribution in [3.05, 3.63) is 29.8 Å². The molecule has 0 aromatic heterocycles. The summed E-state index contributed by atoms with van der Waals surface area (Å²) in [4.78, 5) is 13.9. The predicted molar refractivity (Wildman–Crippen MR) is 69.2 cm³/mol. The Morgan fingerprint density at radius 2 is 1.87 bits per heavy atom.